The second-order valence-corrected chi connectivity index (χ2v) is 10.1. The van der Waals surface area contributed by atoms with Gasteiger partial charge in [0.1, 0.15) is 12.4 Å². The Labute approximate surface area is 193 Å². The van der Waals surface area contributed by atoms with Crippen molar-refractivity contribution < 1.29 is 32.6 Å². The van der Waals surface area contributed by atoms with Gasteiger partial charge in [-0.15, -0.1) is 0 Å². The number of methoxy groups -OCH3 is 1. The van der Waals surface area contributed by atoms with Crippen molar-refractivity contribution in [1.82, 2.24) is 10.0 Å². The van der Waals surface area contributed by atoms with Gasteiger partial charge >= 0.3 is 0 Å². The van der Waals surface area contributed by atoms with Gasteiger partial charge in [-0.1, -0.05) is 12.1 Å². The first-order chi connectivity index (χ1) is 15.6. The average molecular weight is 483 g/mol. The van der Waals surface area contributed by atoms with Crippen LogP contribution in [0, 0.1) is 0 Å². The molecule has 0 spiro atoms. The molecule has 11 heteroatoms. The highest BCUT2D eigenvalue weighted by molar-refractivity contribution is 7.92. The van der Waals surface area contributed by atoms with E-state index in [9.17, 15) is 18.0 Å². The zero-order chi connectivity index (χ0) is 24.5. The van der Waals surface area contributed by atoms with Crippen molar-refractivity contribution >= 4 is 15.7 Å². The molecule has 1 aromatic carbocycles. The van der Waals surface area contributed by atoms with Gasteiger partial charge < -0.3 is 18.8 Å². The number of nitrogens with one attached hydrogen (secondary N) is 1. The van der Waals surface area contributed by atoms with Gasteiger partial charge in [0.25, 0.3) is 11.5 Å². The minimum absolute atomic E-state index is 0.0185. The normalized spacial score (nSPS) is 13.3. The van der Waals surface area contributed by atoms with Gasteiger partial charge in [0.05, 0.1) is 19.8 Å². The molecular weight excluding hydrogens is 452 g/mol. The lowest BCUT2D eigenvalue weighted by molar-refractivity contribution is -0.131. The van der Waals surface area contributed by atoms with E-state index in [4.69, 9.17) is 19.4 Å². The summed E-state index contributed by atoms with van der Waals surface area (Å²) in [5.74, 6) is -0.372. The highest BCUT2D eigenvalue weighted by Crippen LogP contribution is 2.23. The van der Waals surface area contributed by atoms with Crippen molar-refractivity contribution in [3.8, 4) is 16.9 Å². The van der Waals surface area contributed by atoms with Gasteiger partial charge in [0, 0.05) is 32.2 Å². The third-order valence-corrected chi connectivity index (χ3v) is 7.37. The zero-order valence-corrected chi connectivity index (χ0v) is 19.8. The topological polar surface area (TPSA) is 133 Å². The quantitative estimate of drug-likeness (QED) is 0.248. The van der Waals surface area contributed by atoms with Gasteiger partial charge in [-0.25, -0.2) is 13.9 Å². The Morgan fingerprint density at radius 3 is 2.33 bits per heavy atom. The van der Waals surface area contributed by atoms with Crippen LogP contribution >= 0.6 is 0 Å². The summed E-state index contributed by atoms with van der Waals surface area (Å²) in [6.07, 6.45) is 2.27. The number of hydroxylamine groups is 1. The van der Waals surface area contributed by atoms with Gasteiger partial charge in [0.15, 0.2) is 14.6 Å². The summed E-state index contributed by atoms with van der Waals surface area (Å²) in [4.78, 5) is 24.5. The van der Waals surface area contributed by atoms with Crippen molar-refractivity contribution in [3.05, 3.63) is 52.9 Å². The minimum atomic E-state index is -3.84. The average Bonchev–Trinajstić information content (AvgIpc) is 2.79. The first-order valence-corrected chi connectivity index (χ1v) is 12.2. The Bertz CT molecular complexity index is 1080. The van der Waals surface area contributed by atoms with Crippen LogP contribution in [0.15, 0.2) is 47.4 Å². The minimum Gasteiger partial charge on any atom is -0.491 e. The number of hydrogen-bond donors (Lipinski definition) is 2. The number of benzene rings is 1. The largest absolute Gasteiger partial charge is 0.491 e. The summed E-state index contributed by atoms with van der Waals surface area (Å²) in [7, 11) is -2.23. The fourth-order valence-corrected chi connectivity index (χ4v) is 3.84. The maximum Gasteiger partial charge on any atom is 0.264 e. The third kappa shape index (κ3) is 7.13. The van der Waals surface area contributed by atoms with Gasteiger partial charge in [-0.2, -0.15) is 0 Å². The van der Waals surface area contributed by atoms with Gasteiger partial charge in [-0.3, -0.25) is 14.8 Å². The molecule has 0 saturated carbocycles. The Kier molecular flexibility index (Phi) is 9.59. The van der Waals surface area contributed by atoms with Crippen LogP contribution in [0.2, 0.25) is 0 Å². The predicted octanol–water partition coefficient (Wildman–Crippen LogP) is 1.26. The van der Waals surface area contributed by atoms with Crippen LogP contribution in [0.1, 0.15) is 13.3 Å². The molecule has 1 unspecified atom stereocenters. The summed E-state index contributed by atoms with van der Waals surface area (Å²) >= 11 is 0. The molecule has 2 aromatic rings. The lowest BCUT2D eigenvalue weighted by Gasteiger charge is -2.25. The van der Waals surface area contributed by atoms with Crippen molar-refractivity contribution in [2.75, 3.05) is 39.8 Å². The van der Waals surface area contributed by atoms with E-state index in [0.717, 1.165) is 11.8 Å². The van der Waals surface area contributed by atoms with E-state index < -0.39 is 20.5 Å². The maximum atomic E-state index is 12.6. The van der Waals surface area contributed by atoms with Crippen LogP contribution in [0.3, 0.4) is 0 Å². The van der Waals surface area contributed by atoms with Crippen LogP contribution in [-0.4, -0.2) is 68.6 Å². The highest BCUT2D eigenvalue weighted by Gasteiger charge is 2.43. The highest BCUT2D eigenvalue weighted by atomic mass is 32.2. The van der Waals surface area contributed by atoms with Crippen molar-refractivity contribution in [1.29, 1.82) is 0 Å². The molecule has 0 aliphatic heterocycles. The van der Waals surface area contributed by atoms with Crippen LogP contribution in [-0.2, 0) is 30.7 Å². The van der Waals surface area contributed by atoms with E-state index in [0.29, 0.717) is 37.7 Å². The fraction of sp³-hybridized carbons (Fsp3) is 0.455. The first-order valence-electron chi connectivity index (χ1n) is 10.3. The Morgan fingerprint density at radius 2 is 1.76 bits per heavy atom. The monoisotopic (exact) mass is 482 g/mol. The molecule has 0 aliphatic rings. The van der Waals surface area contributed by atoms with Crippen molar-refractivity contribution in [2.45, 2.75) is 24.6 Å². The van der Waals surface area contributed by atoms with E-state index in [2.05, 4.69) is 0 Å². The van der Waals surface area contributed by atoms with E-state index in [-0.39, 0.29) is 18.5 Å². The van der Waals surface area contributed by atoms with E-state index in [1.807, 2.05) is 12.1 Å². The number of carbonyl (C=O) groups excluding carboxylic acids is 1. The van der Waals surface area contributed by atoms with Crippen LogP contribution in [0.25, 0.3) is 11.1 Å². The molecule has 2 rings (SSSR count). The Balaban J connectivity index is 2.02. The molecule has 0 radical (unpaired) electrons. The number of nitrogens with zero attached hydrogens (tertiary/aromatic N) is 1. The van der Waals surface area contributed by atoms with Crippen molar-refractivity contribution in [3.63, 3.8) is 0 Å². The number of aryl methyl sites for hydroxylation is 1. The molecule has 1 heterocycles. The second-order valence-electron chi connectivity index (χ2n) is 7.62. The molecule has 0 aliphatic carbocycles. The number of pyridine rings is 1. The van der Waals surface area contributed by atoms with Gasteiger partial charge in [-0.05, 0) is 42.7 Å². The third-order valence-electron chi connectivity index (χ3n) is 5.34. The fourth-order valence-electron chi connectivity index (χ4n) is 3.00. The summed E-state index contributed by atoms with van der Waals surface area (Å²) in [6, 6.07) is 10.4. The summed E-state index contributed by atoms with van der Waals surface area (Å²) in [5.41, 5.74) is 2.54. The number of sulfone groups is 1. The van der Waals surface area contributed by atoms with Crippen LogP contribution < -0.4 is 15.8 Å². The number of hydrogen-bond acceptors (Lipinski definition) is 8. The molecule has 10 nitrogen and oxygen atoms in total. The van der Waals surface area contributed by atoms with Gasteiger partial charge in [0.2, 0.25) is 0 Å². The SMILES string of the molecule is COCCOCCOc1ccc(-c2ccn(CCC(C)(C(=O)NO)S(C)(=O)=O)c(=O)c2)cc1. The standard InChI is InChI=1S/C22H30N2O8S/c1-22(21(26)23-27,33(3,28)29)9-11-24-10-8-18(16-20(24)25)17-4-6-19(7-5-17)32-15-14-31-13-12-30-2/h4-8,10,16,27H,9,11-15H2,1-3H3,(H,23,26). The lowest BCUT2D eigenvalue weighted by atomic mass is 10.1. The number of rotatable bonds is 13. The molecule has 33 heavy (non-hydrogen) atoms. The summed E-state index contributed by atoms with van der Waals surface area (Å²) in [5, 5.41) is 8.91. The molecule has 0 fully saturated rings. The van der Waals surface area contributed by atoms with Crippen LogP contribution in [0.4, 0.5) is 0 Å². The Hall–Kier alpha value is -2.73. The summed E-state index contributed by atoms with van der Waals surface area (Å²) < 4.78 is 39.4. The number of aromatic nitrogens is 1. The number of carbonyl (C=O) groups is 1. The van der Waals surface area contributed by atoms with Crippen molar-refractivity contribution in [2.24, 2.45) is 0 Å². The van der Waals surface area contributed by atoms with E-state index in [1.54, 1.807) is 31.5 Å². The first kappa shape index (κ1) is 26.5. The predicted molar refractivity (Wildman–Crippen MR) is 122 cm³/mol. The molecule has 0 bridgehead atoms. The van der Waals surface area contributed by atoms with Crippen LogP contribution in [0.5, 0.6) is 5.75 Å². The van der Waals surface area contributed by atoms with E-state index in [1.165, 1.54) is 23.0 Å². The molecule has 2 N–H and O–H groups in total. The number of ether oxygens (including phenoxy) is 3. The zero-order valence-electron chi connectivity index (χ0n) is 18.9. The molecule has 1 atom stereocenters. The second kappa shape index (κ2) is 11.9. The molecule has 1 amide bonds. The molecule has 182 valence electrons. The van der Waals surface area contributed by atoms with E-state index >= 15 is 0 Å². The Morgan fingerprint density at radius 1 is 1.09 bits per heavy atom. The lowest BCUT2D eigenvalue weighted by Crippen LogP contribution is -2.49. The number of amides is 1. The molecule has 1 aromatic heterocycles. The smallest absolute Gasteiger partial charge is 0.264 e. The molecule has 0 saturated heterocycles. The molecular formula is C22H30N2O8S. The maximum absolute atomic E-state index is 12.6. The summed E-state index contributed by atoms with van der Waals surface area (Å²) in [6.45, 7) is 3.08.